The predicted molar refractivity (Wildman–Crippen MR) is 262 cm³/mol. The first-order chi connectivity index (χ1) is 31.9. The van der Waals surface area contributed by atoms with E-state index >= 15 is 0 Å². The maximum absolute atomic E-state index is 12.8. The molecule has 0 aromatic rings. The molecule has 0 aromatic carbocycles. The minimum atomic E-state index is -5.14. The van der Waals surface area contributed by atoms with Crippen molar-refractivity contribution in [1.29, 1.82) is 0 Å². The van der Waals surface area contributed by atoms with E-state index in [4.69, 9.17) is 18.5 Å². The van der Waals surface area contributed by atoms with Crippen molar-refractivity contribution in [2.75, 3.05) is 13.2 Å². The lowest BCUT2D eigenvalue weighted by Crippen LogP contribution is -2.64. The summed E-state index contributed by atoms with van der Waals surface area (Å²) < 4.78 is 33.6. The first-order valence-electron chi connectivity index (χ1n) is 25.2. The number of esters is 2. The van der Waals surface area contributed by atoms with Crippen LogP contribution in [0.5, 0.6) is 0 Å². The van der Waals surface area contributed by atoms with Gasteiger partial charge in [0.15, 0.2) is 6.10 Å². The number of carbonyl (C=O) groups is 2. The smallest absolute Gasteiger partial charge is 0.462 e. The quantitative estimate of drug-likeness (QED) is 0.0146. The molecule has 6 atom stereocenters. The van der Waals surface area contributed by atoms with Gasteiger partial charge in [-0.25, -0.2) is 4.57 Å². The molecule has 0 spiro atoms. The minimum Gasteiger partial charge on any atom is -0.462 e. The second-order valence-electron chi connectivity index (χ2n) is 17.3. The lowest BCUT2D eigenvalue weighted by molar-refractivity contribution is -0.220. The molecule has 380 valence electrons. The van der Waals surface area contributed by atoms with Crippen LogP contribution in [0.3, 0.4) is 0 Å². The Morgan fingerprint density at radius 2 is 0.864 bits per heavy atom. The molecule has 0 amide bonds. The molecule has 14 heteroatoms. The fraction of sp³-hybridized carbons (Fsp3) is 0.731. The van der Waals surface area contributed by atoms with Crippen molar-refractivity contribution in [3.8, 4) is 0 Å². The van der Waals surface area contributed by atoms with Gasteiger partial charge in [-0.3, -0.25) is 18.6 Å². The zero-order chi connectivity index (χ0) is 48.5. The molecule has 0 aliphatic heterocycles. The summed E-state index contributed by atoms with van der Waals surface area (Å²) in [5.74, 6) is -1.14. The highest BCUT2D eigenvalue weighted by molar-refractivity contribution is 7.47. The Hall–Kier alpha value is -2.71. The van der Waals surface area contributed by atoms with Crippen molar-refractivity contribution >= 4 is 19.8 Å². The first-order valence-corrected chi connectivity index (χ1v) is 26.7. The molecule has 0 aromatic heterocycles. The van der Waals surface area contributed by atoms with E-state index in [0.29, 0.717) is 12.8 Å². The first kappa shape index (κ1) is 61.3. The predicted octanol–water partition coefficient (Wildman–Crippen LogP) is 10.7. The summed E-state index contributed by atoms with van der Waals surface area (Å²) in [6, 6.07) is 0. The SMILES string of the molecule is CC/C=C\C/C=C\C/C=C\C/C=C\C/C=C\CCCCCC(=O)OC(COC(=O)CCCCCCCCC/C=C\CCCCCCCCC)COP(=O)(O)OC1C(O)C(O)C(O)C(O)C1O. The fourth-order valence-corrected chi connectivity index (χ4v) is 8.22. The third kappa shape index (κ3) is 32.9. The monoisotopic (exact) mass is 953 g/mol. The van der Waals surface area contributed by atoms with E-state index < -0.39 is 75.7 Å². The van der Waals surface area contributed by atoms with Gasteiger partial charge in [0.1, 0.15) is 43.2 Å². The van der Waals surface area contributed by atoms with Crippen molar-refractivity contribution in [3.63, 3.8) is 0 Å². The van der Waals surface area contributed by atoms with Crippen molar-refractivity contribution in [1.82, 2.24) is 0 Å². The standard InChI is InChI=1S/C52H89O13P/c1-3-5-7-9-11-13-15-17-19-21-23-25-27-29-31-33-35-37-39-41-46(54)64-44(43-63-66(60,61)65-52-50(58)48(56)47(55)49(57)51(52)59)42-62-45(53)40-38-36-34-32-30-28-26-24-22-20-18-16-14-12-10-8-6-4-2/h5,7,11,13,17,19-20,22-23,25,29,31,44,47-52,55-59H,3-4,6,8-10,12,14-16,18,21,24,26-28,30,32-43H2,1-2H3,(H,60,61)/b7-5-,13-11-,19-17-,22-20-,25-23-,31-29-. The maximum Gasteiger partial charge on any atom is 0.472 e. The van der Waals surface area contributed by atoms with E-state index in [9.17, 15) is 44.6 Å². The third-order valence-corrected chi connectivity index (χ3v) is 12.3. The van der Waals surface area contributed by atoms with Crippen LogP contribution in [-0.2, 0) is 32.7 Å². The zero-order valence-electron chi connectivity index (χ0n) is 40.5. The number of phosphoric acid groups is 1. The Bertz CT molecular complexity index is 1430. The van der Waals surface area contributed by atoms with Gasteiger partial charge in [0.2, 0.25) is 0 Å². The number of ether oxygens (including phenoxy) is 2. The second kappa shape index (κ2) is 41.3. The molecule has 0 bridgehead atoms. The van der Waals surface area contributed by atoms with E-state index in [1.807, 2.05) is 0 Å². The highest BCUT2D eigenvalue weighted by Gasteiger charge is 2.51. The van der Waals surface area contributed by atoms with E-state index in [1.165, 1.54) is 64.2 Å². The summed E-state index contributed by atoms with van der Waals surface area (Å²) in [7, 11) is -5.14. The van der Waals surface area contributed by atoms with Gasteiger partial charge < -0.3 is 39.9 Å². The summed E-state index contributed by atoms with van der Waals surface area (Å²) in [5.41, 5.74) is 0. The average molecular weight is 953 g/mol. The molecule has 1 fully saturated rings. The number of carbonyl (C=O) groups excluding carboxylic acids is 2. The Balaban J connectivity index is 2.45. The van der Waals surface area contributed by atoms with Crippen LogP contribution < -0.4 is 0 Å². The highest BCUT2D eigenvalue weighted by atomic mass is 31.2. The Kier molecular flexibility index (Phi) is 38.3. The summed E-state index contributed by atoms with van der Waals surface area (Å²) in [5, 5.41) is 50.2. The highest BCUT2D eigenvalue weighted by Crippen LogP contribution is 2.47. The molecular formula is C52H89O13P. The van der Waals surface area contributed by atoms with Crippen molar-refractivity contribution in [3.05, 3.63) is 72.9 Å². The van der Waals surface area contributed by atoms with Gasteiger partial charge in [0, 0.05) is 12.8 Å². The summed E-state index contributed by atoms with van der Waals surface area (Å²) in [4.78, 5) is 35.8. The number of unbranched alkanes of at least 4 members (excludes halogenated alkanes) is 17. The van der Waals surface area contributed by atoms with Crippen LogP contribution in [0.2, 0.25) is 0 Å². The molecule has 1 aliphatic carbocycles. The molecule has 0 radical (unpaired) electrons. The van der Waals surface area contributed by atoms with Crippen LogP contribution in [0.15, 0.2) is 72.9 Å². The largest absolute Gasteiger partial charge is 0.472 e. The average Bonchev–Trinajstić information content (AvgIpc) is 3.30. The van der Waals surface area contributed by atoms with Crippen LogP contribution in [0, 0.1) is 0 Å². The van der Waals surface area contributed by atoms with Crippen LogP contribution in [0.1, 0.15) is 187 Å². The summed E-state index contributed by atoms with van der Waals surface area (Å²) >= 11 is 0. The molecule has 6 N–H and O–H groups in total. The van der Waals surface area contributed by atoms with E-state index in [0.717, 1.165) is 83.5 Å². The van der Waals surface area contributed by atoms with Gasteiger partial charge in [-0.15, -0.1) is 0 Å². The molecule has 13 nitrogen and oxygen atoms in total. The number of rotatable bonds is 41. The molecule has 6 unspecified atom stereocenters. The van der Waals surface area contributed by atoms with Crippen molar-refractivity contribution < 1.29 is 63.1 Å². The summed E-state index contributed by atoms with van der Waals surface area (Å²) in [6.45, 7) is 3.16. The van der Waals surface area contributed by atoms with Gasteiger partial charge in [-0.1, -0.05) is 164 Å². The lowest BCUT2D eigenvalue weighted by atomic mass is 9.85. The summed E-state index contributed by atoms with van der Waals surface area (Å²) in [6.07, 6.45) is 39.4. The number of phosphoric ester groups is 1. The van der Waals surface area contributed by atoms with Gasteiger partial charge >= 0.3 is 19.8 Å². The van der Waals surface area contributed by atoms with E-state index in [1.54, 1.807) is 0 Å². The molecule has 0 heterocycles. The molecule has 1 aliphatic rings. The van der Waals surface area contributed by atoms with Crippen LogP contribution in [-0.4, -0.2) is 98.3 Å². The third-order valence-electron chi connectivity index (χ3n) is 11.3. The van der Waals surface area contributed by atoms with Crippen LogP contribution >= 0.6 is 7.82 Å². The Morgan fingerprint density at radius 3 is 1.35 bits per heavy atom. The van der Waals surface area contributed by atoms with Crippen LogP contribution in [0.25, 0.3) is 0 Å². The minimum absolute atomic E-state index is 0.0535. The topological polar surface area (TPSA) is 210 Å². The molecule has 1 saturated carbocycles. The van der Waals surface area contributed by atoms with Crippen LogP contribution in [0.4, 0.5) is 0 Å². The number of aliphatic hydroxyl groups is 5. The van der Waals surface area contributed by atoms with E-state index in [-0.39, 0.29) is 12.8 Å². The molecule has 66 heavy (non-hydrogen) atoms. The number of aliphatic hydroxyl groups excluding tert-OH is 5. The number of hydrogen-bond donors (Lipinski definition) is 6. The van der Waals surface area contributed by atoms with Gasteiger partial charge in [-0.2, -0.15) is 0 Å². The fourth-order valence-electron chi connectivity index (χ4n) is 7.25. The molecular weight excluding hydrogens is 864 g/mol. The van der Waals surface area contributed by atoms with Gasteiger partial charge in [0.25, 0.3) is 0 Å². The van der Waals surface area contributed by atoms with E-state index in [2.05, 4.69) is 86.8 Å². The number of hydrogen-bond acceptors (Lipinski definition) is 12. The van der Waals surface area contributed by atoms with Crippen molar-refractivity contribution in [2.45, 2.75) is 230 Å². The second-order valence-corrected chi connectivity index (χ2v) is 18.7. The molecule has 1 rings (SSSR count). The Morgan fingerprint density at radius 1 is 0.485 bits per heavy atom. The normalized spacial score (nSPS) is 21.9. The van der Waals surface area contributed by atoms with Gasteiger partial charge in [-0.05, 0) is 83.5 Å². The Labute approximate surface area is 397 Å². The van der Waals surface area contributed by atoms with Crippen molar-refractivity contribution in [2.24, 2.45) is 0 Å². The molecule has 0 saturated heterocycles. The maximum atomic E-state index is 12.8. The van der Waals surface area contributed by atoms with Gasteiger partial charge in [0.05, 0.1) is 6.61 Å². The zero-order valence-corrected chi connectivity index (χ0v) is 41.4. The number of allylic oxidation sites excluding steroid dienone is 12. The lowest BCUT2D eigenvalue weighted by Gasteiger charge is -2.41.